The van der Waals surface area contributed by atoms with Gasteiger partial charge in [0.25, 0.3) is 0 Å². The maximum Gasteiger partial charge on any atom is 0.313 e. The third kappa shape index (κ3) is 4.36. The first-order valence-corrected chi connectivity index (χ1v) is 8.62. The molecule has 2 heterocycles. The Morgan fingerprint density at radius 2 is 1.81 bits per heavy atom. The minimum atomic E-state index is -0.828. The SMILES string of the molecule is CC(C)n1c(SCC(=O)O)nnc1N1CCCCCCC1. The Labute approximate surface area is 129 Å². The molecule has 1 fully saturated rings. The van der Waals surface area contributed by atoms with Crippen molar-refractivity contribution in [2.75, 3.05) is 23.7 Å². The monoisotopic (exact) mass is 312 g/mol. The fourth-order valence-electron chi connectivity index (χ4n) is 2.61. The summed E-state index contributed by atoms with van der Waals surface area (Å²) < 4.78 is 2.06. The molecule has 1 aliphatic heterocycles. The van der Waals surface area contributed by atoms with Crippen LogP contribution >= 0.6 is 11.8 Å². The van der Waals surface area contributed by atoms with Crippen LogP contribution in [0.15, 0.2) is 5.16 Å². The molecule has 0 bridgehead atoms. The number of carbonyl (C=O) groups is 1. The highest BCUT2D eigenvalue weighted by Gasteiger charge is 2.21. The summed E-state index contributed by atoms with van der Waals surface area (Å²) in [5.41, 5.74) is 0. The highest BCUT2D eigenvalue weighted by Crippen LogP contribution is 2.27. The number of hydrogen-bond donors (Lipinski definition) is 1. The molecule has 0 aliphatic carbocycles. The van der Waals surface area contributed by atoms with E-state index in [4.69, 9.17) is 5.11 Å². The third-order valence-electron chi connectivity index (χ3n) is 3.63. The zero-order chi connectivity index (χ0) is 15.2. The average Bonchev–Trinajstić information content (AvgIpc) is 2.79. The lowest BCUT2D eigenvalue weighted by Gasteiger charge is -2.27. The van der Waals surface area contributed by atoms with Gasteiger partial charge in [0.1, 0.15) is 0 Å². The molecule has 0 radical (unpaired) electrons. The first-order valence-electron chi connectivity index (χ1n) is 7.64. The normalized spacial score (nSPS) is 16.8. The Morgan fingerprint density at radius 1 is 1.19 bits per heavy atom. The summed E-state index contributed by atoms with van der Waals surface area (Å²) >= 11 is 1.24. The number of aliphatic carboxylic acids is 1. The van der Waals surface area contributed by atoms with Gasteiger partial charge in [0, 0.05) is 19.1 Å². The van der Waals surface area contributed by atoms with Crippen molar-refractivity contribution < 1.29 is 9.90 Å². The molecule has 0 atom stereocenters. The van der Waals surface area contributed by atoms with Crippen molar-refractivity contribution in [3.8, 4) is 0 Å². The first kappa shape index (κ1) is 16.1. The van der Waals surface area contributed by atoms with E-state index in [1.807, 2.05) is 0 Å². The van der Waals surface area contributed by atoms with E-state index in [0.29, 0.717) is 5.16 Å². The summed E-state index contributed by atoms with van der Waals surface area (Å²) in [6, 6.07) is 0.219. The molecule has 1 aliphatic rings. The van der Waals surface area contributed by atoms with Gasteiger partial charge in [0.2, 0.25) is 5.95 Å². The molecule has 0 unspecified atom stereocenters. The van der Waals surface area contributed by atoms with Crippen LogP contribution in [0.2, 0.25) is 0 Å². The van der Waals surface area contributed by atoms with E-state index in [1.165, 1.54) is 43.9 Å². The molecule has 6 nitrogen and oxygen atoms in total. The number of carboxylic acids is 1. The van der Waals surface area contributed by atoms with E-state index in [1.54, 1.807) is 0 Å². The van der Waals surface area contributed by atoms with Gasteiger partial charge in [-0.2, -0.15) is 0 Å². The smallest absolute Gasteiger partial charge is 0.313 e. The predicted octanol–water partition coefficient (Wildman–Crippen LogP) is 2.81. The number of rotatable bonds is 5. The lowest BCUT2D eigenvalue weighted by atomic mass is 10.1. The molecule has 1 saturated heterocycles. The second kappa shape index (κ2) is 7.68. The Bertz CT molecular complexity index is 468. The maximum absolute atomic E-state index is 10.8. The molecule has 0 saturated carbocycles. The second-order valence-electron chi connectivity index (χ2n) is 5.68. The van der Waals surface area contributed by atoms with E-state index in [-0.39, 0.29) is 11.8 Å². The van der Waals surface area contributed by atoms with Crippen LogP contribution < -0.4 is 4.90 Å². The van der Waals surface area contributed by atoms with Crippen LogP contribution in [-0.4, -0.2) is 44.7 Å². The summed E-state index contributed by atoms with van der Waals surface area (Å²) in [6.07, 6.45) is 6.23. The molecular formula is C14H24N4O2S. The van der Waals surface area contributed by atoms with Crippen LogP contribution in [-0.2, 0) is 4.79 Å². The third-order valence-corrected chi connectivity index (χ3v) is 4.55. The zero-order valence-corrected chi connectivity index (χ0v) is 13.6. The molecule has 21 heavy (non-hydrogen) atoms. The number of hydrogen-bond acceptors (Lipinski definition) is 5. The van der Waals surface area contributed by atoms with Gasteiger partial charge in [0.05, 0.1) is 5.75 Å². The Balaban J connectivity index is 2.19. The lowest BCUT2D eigenvalue weighted by molar-refractivity contribution is -0.133. The van der Waals surface area contributed by atoms with Gasteiger partial charge < -0.3 is 10.0 Å². The van der Waals surface area contributed by atoms with Crippen molar-refractivity contribution >= 4 is 23.7 Å². The van der Waals surface area contributed by atoms with Crippen LogP contribution in [0.4, 0.5) is 5.95 Å². The van der Waals surface area contributed by atoms with Crippen molar-refractivity contribution in [1.29, 1.82) is 0 Å². The maximum atomic E-state index is 10.8. The minimum Gasteiger partial charge on any atom is -0.481 e. The van der Waals surface area contributed by atoms with Gasteiger partial charge in [-0.05, 0) is 26.7 Å². The quantitative estimate of drug-likeness (QED) is 0.843. The fourth-order valence-corrected chi connectivity index (χ4v) is 3.39. The van der Waals surface area contributed by atoms with E-state index in [0.717, 1.165) is 19.0 Å². The van der Waals surface area contributed by atoms with Crippen LogP contribution in [0.3, 0.4) is 0 Å². The number of nitrogens with zero attached hydrogens (tertiary/aromatic N) is 4. The van der Waals surface area contributed by atoms with E-state index < -0.39 is 5.97 Å². The molecule has 1 aromatic rings. The molecule has 1 N–H and O–H groups in total. The first-order chi connectivity index (χ1) is 10.1. The summed E-state index contributed by atoms with van der Waals surface area (Å²) in [7, 11) is 0. The van der Waals surface area contributed by atoms with E-state index in [2.05, 4.69) is 33.5 Å². The average molecular weight is 312 g/mol. The topological polar surface area (TPSA) is 71.2 Å². The van der Waals surface area contributed by atoms with Crippen molar-refractivity contribution in [2.24, 2.45) is 0 Å². The van der Waals surface area contributed by atoms with Crippen molar-refractivity contribution in [3.63, 3.8) is 0 Å². The van der Waals surface area contributed by atoms with Gasteiger partial charge >= 0.3 is 5.97 Å². The second-order valence-corrected chi connectivity index (χ2v) is 6.63. The summed E-state index contributed by atoms with van der Waals surface area (Å²) in [5, 5.41) is 18.1. The number of aromatic nitrogens is 3. The van der Waals surface area contributed by atoms with Gasteiger partial charge in [0.15, 0.2) is 5.16 Å². The molecule has 7 heteroatoms. The predicted molar refractivity (Wildman–Crippen MR) is 84.1 cm³/mol. The summed E-state index contributed by atoms with van der Waals surface area (Å²) in [5.74, 6) is 0.0797. The van der Waals surface area contributed by atoms with E-state index in [9.17, 15) is 4.79 Å². The number of anilines is 1. The van der Waals surface area contributed by atoms with Crippen molar-refractivity contribution in [1.82, 2.24) is 14.8 Å². The van der Waals surface area contributed by atoms with Gasteiger partial charge in [-0.15, -0.1) is 10.2 Å². The number of thioether (sulfide) groups is 1. The highest BCUT2D eigenvalue weighted by molar-refractivity contribution is 7.99. The fraction of sp³-hybridized carbons (Fsp3) is 0.786. The van der Waals surface area contributed by atoms with Crippen LogP contribution in [0, 0.1) is 0 Å². The molecule has 118 valence electrons. The van der Waals surface area contributed by atoms with Crippen LogP contribution in [0.5, 0.6) is 0 Å². The van der Waals surface area contributed by atoms with Crippen molar-refractivity contribution in [2.45, 2.75) is 57.1 Å². The van der Waals surface area contributed by atoms with Gasteiger partial charge in [-0.3, -0.25) is 9.36 Å². The van der Waals surface area contributed by atoms with Crippen molar-refractivity contribution in [3.05, 3.63) is 0 Å². The molecule has 0 spiro atoms. The Hall–Kier alpha value is -1.24. The molecule has 2 rings (SSSR count). The molecule has 0 amide bonds. The lowest BCUT2D eigenvalue weighted by Crippen LogP contribution is -2.30. The number of carboxylic acid groups (broad SMARTS) is 1. The Kier molecular flexibility index (Phi) is 5.90. The van der Waals surface area contributed by atoms with Crippen LogP contribution in [0.25, 0.3) is 0 Å². The summed E-state index contributed by atoms with van der Waals surface area (Å²) in [6.45, 7) is 6.19. The summed E-state index contributed by atoms with van der Waals surface area (Å²) in [4.78, 5) is 13.1. The zero-order valence-electron chi connectivity index (χ0n) is 12.8. The van der Waals surface area contributed by atoms with Gasteiger partial charge in [-0.25, -0.2) is 0 Å². The standard InChI is InChI=1S/C14H24N4O2S/c1-11(2)18-13(15-16-14(18)21-10-12(19)20)17-8-6-4-3-5-7-9-17/h11H,3-10H2,1-2H3,(H,19,20). The van der Waals surface area contributed by atoms with Crippen LogP contribution in [0.1, 0.15) is 52.0 Å². The molecule has 0 aromatic carbocycles. The molecule has 1 aromatic heterocycles. The highest BCUT2D eigenvalue weighted by atomic mass is 32.2. The largest absolute Gasteiger partial charge is 0.481 e. The van der Waals surface area contributed by atoms with Gasteiger partial charge in [-0.1, -0.05) is 31.0 Å². The Morgan fingerprint density at radius 3 is 2.38 bits per heavy atom. The molecular weight excluding hydrogens is 288 g/mol. The minimum absolute atomic E-state index is 0.0187. The van der Waals surface area contributed by atoms with E-state index >= 15 is 0 Å².